The summed E-state index contributed by atoms with van der Waals surface area (Å²) in [5, 5.41) is 16.4. The van der Waals surface area contributed by atoms with Crippen LogP contribution < -0.4 is 21.3 Å². The number of piperidine rings is 1. The fraction of sp³-hybridized carbons (Fsp3) is 0.250. The maximum atomic E-state index is 12.1. The number of amides is 3. The van der Waals surface area contributed by atoms with Crippen molar-refractivity contribution in [3.63, 3.8) is 0 Å². The van der Waals surface area contributed by atoms with Gasteiger partial charge in [-0.05, 0) is 55.7 Å². The molecule has 6 rings (SSSR count). The highest BCUT2D eigenvalue weighted by atomic mass is 16.2. The molecule has 0 spiro atoms. The lowest BCUT2D eigenvalue weighted by Gasteiger charge is -2.32. The van der Waals surface area contributed by atoms with E-state index in [9.17, 15) is 9.59 Å². The van der Waals surface area contributed by atoms with Crippen LogP contribution in [0.3, 0.4) is 0 Å². The third kappa shape index (κ3) is 5.58. The average Bonchev–Trinajstić information content (AvgIpc) is 3.47. The molecule has 2 saturated heterocycles. The van der Waals surface area contributed by atoms with E-state index in [0.29, 0.717) is 17.0 Å². The summed E-state index contributed by atoms with van der Waals surface area (Å²) in [6.45, 7) is 4.81. The van der Waals surface area contributed by atoms with Crippen molar-refractivity contribution in [2.45, 2.75) is 32.4 Å². The van der Waals surface area contributed by atoms with E-state index in [1.807, 2.05) is 55.6 Å². The number of pyridine rings is 1. The minimum absolute atomic E-state index is 0.156. The number of urea groups is 1. The Labute approximate surface area is 225 Å². The van der Waals surface area contributed by atoms with Gasteiger partial charge in [0.1, 0.15) is 17.3 Å². The lowest BCUT2D eigenvalue weighted by molar-refractivity contribution is -0.115. The summed E-state index contributed by atoms with van der Waals surface area (Å²) in [7, 11) is 0. The molecule has 39 heavy (non-hydrogen) atoms. The Morgan fingerprint density at radius 1 is 1.08 bits per heavy atom. The third-order valence-electron chi connectivity index (χ3n) is 6.86. The quantitative estimate of drug-likeness (QED) is 0.214. The van der Waals surface area contributed by atoms with E-state index in [-0.39, 0.29) is 11.7 Å². The molecular formula is C28H29N9O2. The predicted octanol–water partition coefficient (Wildman–Crippen LogP) is 3.43. The minimum Gasteiger partial charge on any atom is -0.367 e. The molecule has 1 aromatic carbocycles. The van der Waals surface area contributed by atoms with E-state index in [1.165, 1.54) is 0 Å². The number of carbonyl (C=O) groups excluding carboxylic acids is 2. The fourth-order valence-electron chi connectivity index (χ4n) is 4.92. The molecule has 0 radical (unpaired) electrons. The van der Waals surface area contributed by atoms with Crippen molar-refractivity contribution in [1.29, 1.82) is 0 Å². The Hall–Kier alpha value is -4.77. The standard InChI is InChI=1S/C28H29N9O2/c1-18-5-4-7-21(13-18)31-24-15-25(32-20-8-11-36(12-9-20)17-22-6-2-3-10-29-22)37-26(34-24)19(16-30-37)14-23-27(38)35-28(39)33-23/h2-7,10,13-16,20,32H,8-9,11-12,17H2,1H3,(H,31,34)(H2,33,35,38,39)/b23-14-. The smallest absolute Gasteiger partial charge is 0.326 e. The number of imide groups is 1. The van der Waals surface area contributed by atoms with Gasteiger partial charge in [0.2, 0.25) is 0 Å². The zero-order valence-corrected chi connectivity index (χ0v) is 21.5. The average molecular weight is 524 g/mol. The Kier molecular flexibility index (Phi) is 6.64. The molecule has 4 N–H and O–H groups in total. The Morgan fingerprint density at radius 3 is 2.69 bits per heavy atom. The zero-order chi connectivity index (χ0) is 26.8. The molecule has 4 aromatic rings. The van der Waals surface area contributed by atoms with Crippen LogP contribution >= 0.6 is 0 Å². The number of hydrogen-bond acceptors (Lipinski definition) is 8. The van der Waals surface area contributed by atoms with Crippen molar-refractivity contribution in [1.82, 2.24) is 35.1 Å². The van der Waals surface area contributed by atoms with E-state index < -0.39 is 11.9 Å². The van der Waals surface area contributed by atoms with Crippen molar-refractivity contribution in [3.05, 3.63) is 83.4 Å². The molecule has 11 heteroatoms. The second-order valence-corrected chi connectivity index (χ2v) is 9.84. The molecule has 0 bridgehead atoms. The first-order chi connectivity index (χ1) is 19.0. The number of fused-ring (bicyclic) bond motifs is 1. The molecule has 2 aliphatic heterocycles. The molecule has 198 valence electrons. The van der Waals surface area contributed by atoms with E-state index in [2.05, 4.69) is 42.3 Å². The molecule has 0 aliphatic carbocycles. The summed E-state index contributed by atoms with van der Waals surface area (Å²) in [6, 6.07) is 15.7. The van der Waals surface area contributed by atoms with Crippen molar-refractivity contribution >= 4 is 41.0 Å². The van der Waals surface area contributed by atoms with Crippen LogP contribution in [-0.2, 0) is 11.3 Å². The molecular weight excluding hydrogens is 494 g/mol. The monoisotopic (exact) mass is 523 g/mol. The summed E-state index contributed by atoms with van der Waals surface area (Å²) < 4.78 is 1.74. The first-order valence-electron chi connectivity index (χ1n) is 13.0. The number of nitrogens with one attached hydrogen (secondary N) is 4. The van der Waals surface area contributed by atoms with Crippen molar-refractivity contribution in [2.24, 2.45) is 0 Å². The summed E-state index contributed by atoms with van der Waals surface area (Å²) in [6.07, 6.45) is 7.02. The molecule has 0 unspecified atom stereocenters. The molecule has 2 fully saturated rings. The highest BCUT2D eigenvalue weighted by Crippen LogP contribution is 2.26. The maximum Gasteiger partial charge on any atom is 0.326 e. The summed E-state index contributed by atoms with van der Waals surface area (Å²) >= 11 is 0. The summed E-state index contributed by atoms with van der Waals surface area (Å²) in [4.78, 5) is 35.4. The zero-order valence-electron chi connectivity index (χ0n) is 21.5. The number of aromatic nitrogens is 4. The first-order valence-corrected chi connectivity index (χ1v) is 13.0. The Morgan fingerprint density at radius 2 is 1.95 bits per heavy atom. The molecule has 11 nitrogen and oxygen atoms in total. The number of carbonyl (C=O) groups is 2. The van der Waals surface area contributed by atoms with Gasteiger partial charge in [-0.2, -0.15) is 9.61 Å². The van der Waals surface area contributed by atoms with Gasteiger partial charge in [-0.1, -0.05) is 18.2 Å². The highest BCUT2D eigenvalue weighted by Gasteiger charge is 2.25. The summed E-state index contributed by atoms with van der Waals surface area (Å²) in [5.41, 5.74) is 4.46. The van der Waals surface area contributed by atoms with E-state index >= 15 is 0 Å². The number of likely N-dealkylation sites (tertiary alicyclic amines) is 1. The van der Waals surface area contributed by atoms with Crippen LogP contribution in [-0.4, -0.2) is 55.6 Å². The van der Waals surface area contributed by atoms with Crippen LogP contribution in [0.15, 0.2) is 66.6 Å². The van der Waals surface area contributed by atoms with Crippen LogP contribution in [0.4, 0.5) is 22.1 Å². The van der Waals surface area contributed by atoms with Gasteiger partial charge in [0, 0.05) is 49.2 Å². The Balaban J connectivity index is 1.26. The van der Waals surface area contributed by atoms with Crippen LogP contribution in [0.5, 0.6) is 0 Å². The first kappa shape index (κ1) is 24.6. The van der Waals surface area contributed by atoms with Crippen LogP contribution in [0.2, 0.25) is 0 Å². The lowest BCUT2D eigenvalue weighted by atomic mass is 10.0. The van der Waals surface area contributed by atoms with Gasteiger partial charge in [0.25, 0.3) is 5.91 Å². The summed E-state index contributed by atoms with van der Waals surface area (Å²) in [5.74, 6) is 0.954. The van der Waals surface area contributed by atoms with Crippen molar-refractivity contribution in [3.8, 4) is 0 Å². The topological polar surface area (TPSA) is 129 Å². The van der Waals surface area contributed by atoms with Gasteiger partial charge in [-0.3, -0.25) is 20.0 Å². The number of anilines is 3. The molecule has 5 heterocycles. The normalized spacial score (nSPS) is 17.4. The van der Waals surface area contributed by atoms with Crippen LogP contribution in [0.1, 0.15) is 29.7 Å². The predicted molar refractivity (Wildman–Crippen MR) is 148 cm³/mol. The second-order valence-electron chi connectivity index (χ2n) is 9.84. The number of rotatable bonds is 7. The second kappa shape index (κ2) is 10.5. The van der Waals surface area contributed by atoms with Crippen LogP contribution in [0.25, 0.3) is 11.7 Å². The van der Waals surface area contributed by atoms with E-state index in [0.717, 1.165) is 55.2 Å². The van der Waals surface area contributed by atoms with Crippen LogP contribution in [0, 0.1) is 6.92 Å². The van der Waals surface area contributed by atoms with E-state index in [1.54, 1.807) is 16.8 Å². The van der Waals surface area contributed by atoms with Gasteiger partial charge in [0.15, 0.2) is 5.65 Å². The fourth-order valence-corrected chi connectivity index (χ4v) is 4.92. The molecule has 0 atom stereocenters. The van der Waals surface area contributed by atoms with Gasteiger partial charge in [0.05, 0.1) is 11.9 Å². The van der Waals surface area contributed by atoms with Gasteiger partial charge >= 0.3 is 6.03 Å². The number of benzene rings is 1. The third-order valence-corrected chi connectivity index (χ3v) is 6.86. The molecule has 3 aromatic heterocycles. The SMILES string of the molecule is Cc1cccc(Nc2cc(NC3CCN(Cc4ccccn4)CC3)n3ncc(/C=C4\NC(=O)NC4=O)c3n2)c1. The number of aryl methyl sites for hydroxylation is 1. The number of hydrogen-bond donors (Lipinski definition) is 4. The molecule has 3 amide bonds. The minimum atomic E-state index is -0.547. The maximum absolute atomic E-state index is 12.1. The van der Waals surface area contributed by atoms with Crippen molar-refractivity contribution < 1.29 is 9.59 Å². The highest BCUT2D eigenvalue weighted by molar-refractivity contribution is 6.14. The van der Waals surface area contributed by atoms with Gasteiger partial charge < -0.3 is 16.0 Å². The molecule has 2 aliphatic rings. The molecule has 0 saturated carbocycles. The van der Waals surface area contributed by atoms with E-state index in [4.69, 9.17) is 4.98 Å². The number of nitrogens with zero attached hydrogens (tertiary/aromatic N) is 5. The van der Waals surface area contributed by atoms with Gasteiger partial charge in [-0.15, -0.1) is 0 Å². The lowest BCUT2D eigenvalue weighted by Crippen LogP contribution is -2.39. The van der Waals surface area contributed by atoms with Crippen molar-refractivity contribution in [2.75, 3.05) is 23.7 Å². The van der Waals surface area contributed by atoms with Gasteiger partial charge in [-0.25, -0.2) is 9.78 Å². The largest absolute Gasteiger partial charge is 0.367 e. The Bertz CT molecular complexity index is 1560.